The standard InChI is InChI=1S/C27H35N3O4/c1-16(31)22(14-18-8-3-5-12-24(18)32)29-26(33)25-20-10-6-9-19(20)15-30(25)27(34)23-13-17-7-2-4-11-21(17)28-23/h2,4,7,11,13,16,18-20,22,25,28,31H,3,5-6,8-10,12,14-15H2,1H3,(H,29,33)/t16?,18-,19-,20-,22-,25-/m0/s1. The molecule has 1 aromatic carbocycles. The fraction of sp³-hybridized carbons (Fsp3) is 0.593. The summed E-state index contributed by atoms with van der Waals surface area (Å²) in [6.07, 6.45) is 6.07. The van der Waals surface area contributed by atoms with E-state index in [0.29, 0.717) is 31.0 Å². The lowest BCUT2D eigenvalue weighted by Gasteiger charge is -2.32. The van der Waals surface area contributed by atoms with Crippen LogP contribution >= 0.6 is 0 Å². The highest BCUT2D eigenvalue weighted by molar-refractivity contribution is 6.00. The van der Waals surface area contributed by atoms with Crippen LogP contribution in [0.3, 0.4) is 0 Å². The minimum absolute atomic E-state index is 0.111. The molecule has 7 heteroatoms. The van der Waals surface area contributed by atoms with Crippen molar-refractivity contribution < 1.29 is 19.5 Å². The molecule has 3 fully saturated rings. The van der Waals surface area contributed by atoms with E-state index in [0.717, 1.165) is 49.4 Å². The number of aliphatic hydroxyl groups is 1. The Morgan fingerprint density at radius 2 is 2.00 bits per heavy atom. The van der Waals surface area contributed by atoms with Gasteiger partial charge in [0.1, 0.15) is 17.5 Å². The number of carbonyl (C=O) groups excluding carboxylic acids is 3. The van der Waals surface area contributed by atoms with Crippen molar-refractivity contribution in [2.45, 2.75) is 76.5 Å². The Hall–Kier alpha value is -2.67. The SMILES string of the molecule is CC(O)[C@H](C[C@@H]1CCCCC1=O)NC(=O)[C@@H]1[C@H]2CCC[C@H]2CN1C(=O)c1cc2ccccc2[nH]1. The van der Waals surface area contributed by atoms with Gasteiger partial charge in [-0.3, -0.25) is 14.4 Å². The van der Waals surface area contributed by atoms with Gasteiger partial charge in [0.15, 0.2) is 0 Å². The minimum Gasteiger partial charge on any atom is -0.391 e. The van der Waals surface area contributed by atoms with Crippen LogP contribution in [0, 0.1) is 17.8 Å². The molecule has 2 saturated carbocycles. The van der Waals surface area contributed by atoms with Gasteiger partial charge in [-0.25, -0.2) is 0 Å². The molecule has 3 aliphatic rings. The predicted molar refractivity (Wildman–Crippen MR) is 129 cm³/mol. The van der Waals surface area contributed by atoms with Crippen LogP contribution in [0.5, 0.6) is 0 Å². The van der Waals surface area contributed by atoms with Gasteiger partial charge in [0.05, 0.1) is 12.1 Å². The number of Topliss-reactive ketones (excluding diaryl/α,β-unsaturated/α-hetero) is 1. The lowest BCUT2D eigenvalue weighted by atomic mass is 9.82. The van der Waals surface area contributed by atoms with E-state index in [-0.39, 0.29) is 29.4 Å². The highest BCUT2D eigenvalue weighted by Gasteiger charge is 2.50. The van der Waals surface area contributed by atoms with Gasteiger partial charge in [0.2, 0.25) is 5.91 Å². The van der Waals surface area contributed by atoms with E-state index in [9.17, 15) is 19.5 Å². The summed E-state index contributed by atoms with van der Waals surface area (Å²) in [6, 6.07) is 8.58. The third kappa shape index (κ3) is 4.38. The number of carbonyl (C=O) groups is 3. The lowest BCUT2D eigenvalue weighted by Crippen LogP contribution is -2.53. The van der Waals surface area contributed by atoms with Crippen LogP contribution in [0.4, 0.5) is 0 Å². The molecule has 0 spiro atoms. The summed E-state index contributed by atoms with van der Waals surface area (Å²) >= 11 is 0. The van der Waals surface area contributed by atoms with Crippen LogP contribution in [0.25, 0.3) is 10.9 Å². The number of benzene rings is 1. The quantitative estimate of drug-likeness (QED) is 0.608. The molecule has 3 N–H and O–H groups in total. The summed E-state index contributed by atoms with van der Waals surface area (Å²) in [5.41, 5.74) is 1.40. The van der Waals surface area contributed by atoms with Crippen molar-refractivity contribution in [3.8, 4) is 0 Å². The molecule has 1 unspecified atom stereocenters. The number of hydrogen-bond donors (Lipinski definition) is 3. The Morgan fingerprint density at radius 1 is 1.18 bits per heavy atom. The maximum absolute atomic E-state index is 13.6. The molecule has 1 aromatic heterocycles. The number of ketones is 1. The first-order valence-electron chi connectivity index (χ1n) is 12.8. The molecule has 2 heterocycles. The number of hydrogen-bond acceptors (Lipinski definition) is 4. The number of nitrogens with one attached hydrogen (secondary N) is 2. The topological polar surface area (TPSA) is 102 Å². The van der Waals surface area contributed by atoms with Crippen LogP contribution in [0.2, 0.25) is 0 Å². The second kappa shape index (κ2) is 9.53. The molecule has 2 aromatic rings. The first-order valence-corrected chi connectivity index (χ1v) is 12.8. The number of para-hydroxylation sites is 1. The zero-order valence-corrected chi connectivity index (χ0v) is 19.8. The second-order valence-corrected chi connectivity index (χ2v) is 10.5. The Bertz CT molecular complexity index is 1040. The van der Waals surface area contributed by atoms with Crippen LogP contribution in [-0.2, 0) is 9.59 Å². The van der Waals surface area contributed by atoms with Crippen molar-refractivity contribution in [1.82, 2.24) is 15.2 Å². The third-order valence-corrected chi connectivity index (χ3v) is 8.31. The lowest BCUT2D eigenvalue weighted by molar-refractivity contribution is -0.129. The maximum atomic E-state index is 13.6. The van der Waals surface area contributed by atoms with Crippen LogP contribution < -0.4 is 5.32 Å². The minimum atomic E-state index is -0.766. The van der Waals surface area contributed by atoms with Gasteiger partial charge >= 0.3 is 0 Å². The average Bonchev–Trinajstić information content (AvgIpc) is 3.53. The number of H-pyrrole nitrogens is 1. The van der Waals surface area contributed by atoms with Gasteiger partial charge in [0, 0.05) is 29.8 Å². The van der Waals surface area contributed by atoms with Crippen molar-refractivity contribution >= 4 is 28.5 Å². The van der Waals surface area contributed by atoms with E-state index < -0.39 is 18.2 Å². The van der Waals surface area contributed by atoms with E-state index in [1.54, 1.807) is 11.8 Å². The van der Waals surface area contributed by atoms with Crippen molar-refractivity contribution in [2.75, 3.05) is 6.54 Å². The molecular weight excluding hydrogens is 430 g/mol. The maximum Gasteiger partial charge on any atom is 0.271 e. The largest absolute Gasteiger partial charge is 0.391 e. The smallest absolute Gasteiger partial charge is 0.271 e. The fourth-order valence-corrected chi connectivity index (χ4v) is 6.45. The molecule has 7 nitrogen and oxygen atoms in total. The van der Waals surface area contributed by atoms with Crippen LogP contribution in [-0.4, -0.2) is 57.3 Å². The third-order valence-electron chi connectivity index (χ3n) is 8.31. The molecule has 182 valence electrons. The molecule has 1 saturated heterocycles. The number of amides is 2. The Balaban J connectivity index is 1.35. The highest BCUT2D eigenvalue weighted by atomic mass is 16.3. The van der Waals surface area contributed by atoms with Crippen molar-refractivity contribution in [1.29, 1.82) is 0 Å². The van der Waals surface area contributed by atoms with Crippen LogP contribution in [0.1, 0.15) is 68.8 Å². The Morgan fingerprint density at radius 3 is 2.76 bits per heavy atom. The number of aromatic nitrogens is 1. The van der Waals surface area contributed by atoms with Crippen molar-refractivity contribution in [2.24, 2.45) is 17.8 Å². The molecule has 6 atom stereocenters. The first kappa shape index (κ1) is 23.1. The molecule has 2 aliphatic carbocycles. The number of likely N-dealkylation sites (tertiary alicyclic amines) is 1. The van der Waals surface area contributed by atoms with Gasteiger partial charge in [-0.1, -0.05) is 31.0 Å². The summed E-state index contributed by atoms with van der Waals surface area (Å²) in [5, 5.41) is 14.5. The van der Waals surface area contributed by atoms with Crippen molar-refractivity contribution in [3.05, 3.63) is 36.0 Å². The number of aliphatic hydroxyl groups excluding tert-OH is 1. The Labute approximate surface area is 200 Å². The number of fused-ring (bicyclic) bond motifs is 2. The summed E-state index contributed by atoms with van der Waals surface area (Å²) in [7, 11) is 0. The Kier molecular flexibility index (Phi) is 6.47. The molecule has 0 radical (unpaired) electrons. The molecule has 5 rings (SSSR count). The predicted octanol–water partition coefficient (Wildman–Crippen LogP) is 3.42. The van der Waals surface area contributed by atoms with Gasteiger partial charge < -0.3 is 20.3 Å². The van der Waals surface area contributed by atoms with Gasteiger partial charge in [-0.2, -0.15) is 0 Å². The number of nitrogens with zero attached hydrogens (tertiary/aromatic N) is 1. The van der Waals surface area contributed by atoms with E-state index >= 15 is 0 Å². The van der Waals surface area contributed by atoms with Gasteiger partial charge in [-0.15, -0.1) is 0 Å². The summed E-state index contributed by atoms with van der Waals surface area (Å²) in [6.45, 7) is 2.25. The van der Waals surface area contributed by atoms with E-state index in [2.05, 4.69) is 10.3 Å². The fourth-order valence-electron chi connectivity index (χ4n) is 6.45. The van der Waals surface area contributed by atoms with E-state index in [1.807, 2.05) is 30.3 Å². The normalized spacial score (nSPS) is 28.6. The van der Waals surface area contributed by atoms with Crippen molar-refractivity contribution in [3.63, 3.8) is 0 Å². The van der Waals surface area contributed by atoms with Gasteiger partial charge in [-0.05, 0) is 63.0 Å². The number of rotatable bonds is 6. The summed E-state index contributed by atoms with van der Waals surface area (Å²) in [4.78, 5) is 44.5. The molecule has 0 bridgehead atoms. The second-order valence-electron chi connectivity index (χ2n) is 10.5. The number of aromatic amines is 1. The average molecular weight is 466 g/mol. The molecule has 34 heavy (non-hydrogen) atoms. The monoisotopic (exact) mass is 465 g/mol. The molecule has 2 amide bonds. The zero-order chi connectivity index (χ0) is 23.8. The first-order chi connectivity index (χ1) is 16.4. The van der Waals surface area contributed by atoms with Gasteiger partial charge in [0.25, 0.3) is 5.91 Å². The molecule has 1 aliphatic heterocycles. The summed E-state index contributed by atoms with van der Waals surface area (Å²) in [5.74, 6) is 0.238. The van der Waals surface area contributed by atoms with E-state index in [1.165, 1.54) is 0 Å². The summed E-state index contributed by atoms with van der Waals surface area (Å²) < 4.78 is 0. The zero-order valence-electron chi connectivity index (χ0n) is 19.8. The highest BCUT2D eigenvalue weighted by Crippen LogP contribution is 2.43. The molecular formula is C27H35N3O4. The van der Waals surface area contributed by atoms with Crippen LogP contribution in [0.15, 0.2) is 30.3 Å². The van der Waals surface area contributed by atoms with E-state index in [4.69, 9.17) is 0 Å².